The van der Waals surface area contributed by atoms with Gasteiger partial charge in [0.25, 0.3) is 0 Å². The molecule has 3 rings (SSSR count). The maximum absolute atomic E-state index is 5.27. The van der Waals surface area contributed by atoms with Gasteiger partial charge in [-0.1, -0.05) is 110 Å². The van der Waals surface area contributed by atoms with Crippen LogP contribution in [0.3, 0.4) is 0 Å². The zero-order chi connectivity index (χ0) is 25.0. The van der Waals surface area contributed by atoms with Gasteiger partial charge in [0, 0.05) is 22.6 Å². The lowest BCUT2D eigenvalue weighted by Crippen LogP contribution is -2.07. The lowest BCUT2D eigenvalue weighted by molar-refractivity contribution is 0.834. The van der Waals surface area contributed by atoms with Gasteiger partial charge in [-0.05, 0) is 58.9 Å². The third-order valence-electron chi connectivity index (χ3n) is 6.57. The molecule has 180 valence electrons. The molecule has 0 unspecified atom stereocenters. The molecule has 34 heavy (non-hydrogen) atoms. The largest absolute Gasteiger partial charge is 0.355 e. The third kappa shape index (κ3) is 5.60. The van der Waals surface area contributed by atoms with Crippen LogP contribution in [0.2, 0.25) is 0 Å². The molecule has 2 heteroatoms. The fourth-order valence-electron chi connectivity index (χ4n) is 4.61. The summed E-state index contributed by atoms with van der Waals surface area (Å²) in [6, 6.07) is 21.9. The molecule has 0 fully saturated rings. The van der Waals surface area contributed by atoms with Crippen LogP contribution in [0.1, 0.15) is 114 Å². The van der Waals surface area contributed by atoms with Gasteiger partial charge in [0.2, 0.25) is 0 Å². The Morgan fingerprint density at radius 2 is 1.03 bits per heavy atom. The second kappa shape index (κ2) is 11.0. The van der Waals surface area contributed by atoms with E-state index in [0.29, 0.717) is 23.7 Å². The van der Waals surface area contributed by atoms with E-state index in [0.717, 1.165) is 22.6 Å². The molecule has 0 aliphatic rings. The van der Waals surface area contributed by atoms with Gasteiger partial charge in [-0.2, -0.15) is 0 Å². The summed E-state index contributed by atoms with van der Waals surface area (Å²) in [5, 5.41) is 3.83. The summed E-state index contributed by atoms with van der Waals surface area (Å²) in [6.07, 6.45) is 0. The van der Waals surface area contributed by atoms with Gasteiger partial charge in [-0.25, -0.2) is 0 Å². The molecule has 0 bridgehead atoms. The molecule has 1 N–H and O–H groups in total. The number of nitrogens with one attached hydrogen (secondary N) is 1. The Bertz CT molecular complexity index is 1100. The molecule has 0 aliphatic carbocycles. The van der Waals surface area contributed by atoms with E-state index in [1.54, 1.807) is 0 Å². The maximum Gasteiger partial charge on any atom is 0.0702 e. The van der Waals surface area contributed by atoms with Crippen LogP contribution in [0, 0.1) is 0 Å². The normalized spacial score (nSPS) is 12.3. The van der Waals surface area contributed by atoms with E-state index >= 15 is 0 Å². The second-order valence-electron chi connectivity index (χ2n) is 10.6. The zero-order valence-corrected chi connectivity index (χ0v) is 22.5. The molecule has 0 spiro atoms. The van der Waals surface area contributed by atoms with E-state index in [1.165, 1.54) is 27.9 Å². The first kappa shape index (κ1) is 25.7. The average molecular weight is 455 g/mol. The smallest absolute Gasteiger partial charge is 0.0702 e. The first-order chi connectivity index (χ1) is 16.1. The van der Waals surface area contributed by atoms with Crippen LogP contribution in [0.15, 0.2) is 65.7 Å². The molecule has 2 nitrogen and oxygen atoms in total. The van der Waals surface area contributed by atoms with Crippen molar-refractivity contribution in [2.75, 3.05) is 5.32 Å². The average Bonchev–Trinajstić information content (AvgIpc) is 2.79. The van der Waals surface area contributed by atoms with E-state index < -0.39 is 0 Å². The second-order valence-corrected chi connectivity index (χ2v) is 10.6. The van der Waals surface area contributed by atoms with Gasteiger partial charge >= 0.3 is 0 Å². The summed E-state index contributed by atoms with van der Waals surface area (Å²) in [5.41, 5.74) is 11.0. The van der Waals surface area contributed by atoms with Crippen LogP contribution in [0.25, 0.3) is 0 Å². The Morgan fingerprint density at radius 3 is 1.50 bits per heavy atom. The Labute approximate surface area is 207 Å². The molecule has 0 radical (unpaired) electrons. The standard InChI is InChI=1S/C32H42N2/c1-20(2)25-15-12-16-26(21(3)4)31(25)33-24(9)29-14-10-11-19-30(29)34-32-27(22(5)6)17-13-18-28(32)23(7)8/h10-23,34H,1-9H3. The van der Waals surface area contributed by atoms with E-state index in [2.05, 4.69) is 128 Å². The van der Waals surface area contributed by atoms with Crippen molar-refractivity contribution in [3.8, 4) is 0 Å². The SMILES string of the molecule is CC(=Nc1c(C(C)C)cccc1C(C)C)c1ccccc1Nc1c(C(C)C)cccc1C(C)C. The number of para-hydroxylation sites is 3. The molecule has 0 heterocycles. The predicted molar refractivity (Wildman–Crippen MR) is 151 cm³/mol. The minimum atomic E-state index is 0.421. The highest BCUT2D eigenvalue weighted by Gasteiger charge is 2.17. The van der Waals surface area contributed by atoms with Crippen molar-refractivity contribution in [3.05, 3.63) is 88.5 Å². The van der Waals surface area contributed by atoms with Gasteiger partial charge < -0.3 is 5.32 Å². The summed E-state index contributed by atoms with van der Waals surface area (Å²) in [7, 11) is 0. The summed E-state index contributed by atoms with van der Waals surface area (Å²) >= 11 is 0. The number of nitrogens with zero attached hydrogens (tertiary/aromatic N) is 1. The van der Waals surface area contributed by atoms with Gasteiger partial charge in [0.15, 0.2) is 0 Å². The van der Waals surface area contributed by atoms with Crippen LogP contribution >= 0.6 is 0 Å². The molecule has 0 saturated heterocycles. The minimum absolute atomic E-state index is 0.421. The first-order valence-corrected chi connectivity index (χ1v) is 12.8. The molecule has 0 saturated carbocycles. The molecular formula is C32H42N2. The number of hydrogen-bond donors (Lipinski definition) is 1. The summed E-state index contributed by atoms with van der Waals surface area (Å²) < 4.78 is 0. The predicted octanol–water partition coefficient (Wildman–Crippen LogP) is 10.1. The quantitative estimate of drug-likeness (QED) is 0.336. The number of hydrogen-bond acceptors (Lipinski definition) is 2. The van der Waals surface area contributed by atoms with Crippen molar-refractivity contribution in [2.45, 2.75) is 86.0 Å². The third-order valence-corrected chi connectivity index (χ3v) is 6.57. The topological polar surface area (TPSA) is 24.4 Å². The maximum atomic E-state index is 5.27. The van der Waals surface area contributed by atoms with E-state index in [1.807, 2.05) is 0 Å². The van der Waals surface area contributed by atoms with Crippen molar-refractivity contribution in [2.24, 2.45) is 4.99 Å². The number of benzene rings is 3. The Balaban J connectivity index is 2.14. The highest BCUT2D eigenvalue weighted by molar-refractivity contribution is 6.05. The van der Waals surface area contributed by atoms with Crippen LogP contribution in [-0.4, -0.2) is 5.71 Å². The molecule has 0 atom stereocenters. The van der Waals surface area contributed by atoms with Gasteiger partial charge in [0.05, 0.1) is 5.69 Å². The fourth-order valence-corrected chi connectivity index (χ4v) is 4.61. The molecule has 0 aromatic heterocycles. The molecule has 3 aromatic carbocycles. The molecule has 0 amide bonds. The zero-order valence-electron chi connectivity index (χ0n) is 22.5. The highest BCUT2D eigenvalue weighted by Crippen LogP contribution is 2.37. The van der Waals surface area contributed by atoms with E-state index in [4.69, 9.17) is 4.99 Å². The molecule has 3 aromatic rings. The lowest BCUT2D eigenvalue weighted by Gasteiger charge is -2.22. The van der Waals surface area contributed by atoms with Crippen molar-refractivity contribution in [3.63, 3.8) is 0 Å². The summed E-state index contributed by atoms with van der Waals surface area (Å²) in [6.45, 7) is 20.2. The van der Waals surface area contributed by atoms with Crippen molar-refractivity contribution >= 4 is 22.8 Å². The number of anilines is 2. The lowest BCUT2D eigenvalue weighted by atomic mass is 9.92. The van der Waals surface area contributed by atoms with Crippen LogP contribution in [0.4, 0.5) is 17.1 Å². The first-order valence-electron chi connectivity index (χ1n) is 12.8. The van der Waals surface area contributed by atoms with Crippen molar-refractivity contribution in [1.82, 2.24) is 0 Å². The molecular weight excluding hydrogens is 412 g/mol. The van der Waals surface area contributed by atoms with E-state index in [-0.39, 0.29) is 0 Å². The van der Waals surface area contributed by atoms with Crippen LogP contribution in [0.5, 0.6) is 0 Å². The summed E-state index contributed by atoms with van der Waals surface area (Å²) in [4.78, 5) is 5.27. The van der Waals surface area contributed by atoms with Gasteiger partial charge in [-0.3, -0.25) is 4.99 Å². The number of aliphatic imine (C=N–C) groups is 1. The molecule has 0 aliphatic heterocycles. The fraction of sp³-hybridized carbons (Fsp3) is 0.406. The van der Waals surface area contributed by atoms with Crippen LogP contribution in [-0.2, 0) is 0 Å². The Kier molecular flexibility index (Phi) is 8.36. The number of rotatable bonds is 8. The van der Waals surface area contributed by atoms with E-state index in [9.17, 15) is 0 Å². The van der Waals surface area contributed by atoms with Gasteiger partial charge in [0.1, 0.15) is 0 Å². The van der Waals surface area contributed by atoms with Crippen LogP contribution < -0.4 is 5.32 Å². The minimum Gasteiger partial charge on any atom is -0.355 e. The highest BCUT2D eigenvalue weighted by atomic mass is 14.9. The monoisotopic (exact) mass is 454 g/mol. The Morgan fingerprint density at radius 1 is 0.588 bits per heavy atom. The summed E-state index contributed by atoms with van der Waals surface area (Å²) in [5.74, 6) is 1.72. The Hall–Kier alpha value is -2.87. The van der Waals surface area contributed by atoms with Gasteiger partial charge in [-0.15, -0.1) is 0 Å². The van der Waals surface area contributed by atoms with Crippen molar-refractivity contribution < 1.29 is 0 Å². The van der Waals surface area contributed by atoms with Crippen molar-refractivity contribution in [1.29, 1.82) is 0 Å².